The lowest BCUT2D eigenvalue weighted by atomic mass is 9.86. The van der Waals surface area contributed by atoms with Gasteiger partial charge in [0.1, 0.15) is 6.54 Å². The summed E-state index contributed by atoms with van der Waals surface area (Å²) in [5.74, 6) is 0.917. The summed E-state index contributed by atoms with van der Waals surface area (Å²) in [6.07, 6.45) is 4.57. The van der Waals surface area contributed by atoms with Gasteiger partial charge in [-0.1, -0.05) is 38.0 Å². The SMILES string of the molecule is CCn1c(CNC(=O)c2ccccc2C)nn(CC(=O)N[C@H]2CCCC[C@@H]2C)c1=S. The van der Waals surface area contributed by atoms with Gasteiger partial charge in [0.2, 0.25) is 5.91 Å². The highest BCUT2D eigenvalue weighted by atomic mass is 32.1. The smallest absolute Gasteiger partial charge is 0.251 e. The number of hydrogen-bond acceptors (Lipinski definition) is 4. The van der Waals surface area contributed by atoms with E-state index in [4.69, 9.17) is 12.2 Å². The van der Waals surface area contributed by atoms with Crippen LogP contribution in [0.3, 0.4) is 0 Å². The van der Waals surface area contributed by atoms with Crippen molar-refractivity contribution in [2.24, 2.45) is 5.92 Å². The van der Waals surface area contributed by atoms with Gasteiger partial charge in [-0.25, -0.2) is 4.68 Å². The van der Waals surface area contributed by atoms with Gasteiger partial charge in [-0.3, -0.25) is 9.59 Å². The van der Waals surface area contributed by atoms with Crippen LogP contribution in [-0.2, 0) is 24.4 Å². The van der Waals surface area contributed by atoms with Gasteiger partial charge in [-0.15, -0.1) is 0 Å². The van der Waals surface area contributed by atoms with Crippen molar-refractivity contribution in [3.05, 3.63) is 46.0 Å². The second-order valence-corrected chi connectivity index (χ2v) is 8.40. The van der Waals surface area contributed by atoms with Gasteiger partial charge in [-0.2, -0.15) is 5.10 Å². The second kappa shape index (κ2) is 10.0. The predicted octanol–water partition coefficient (Wildman–Crippen LogP) is 3.37. The zero-order chi connectivity index (χ0) is 21.7. The summed E-state index contributed by atoms with van der Waals surface area (Å²) in [5.41, 5.74) is 1.56. The van der Waals surface area contributed by atoms with E-state index in [2.05, 4.69) is 22.7 Å². The van der Waals surface area contributed by atoms with Gasteiger partial charge in [0.05, 0.1) is 6.54 Å². The molecule has 7 nitrogen and oxygen atoms in total. The molecule has 1 fully saturated rings. The Kier molecular flexibility index (Phi) is 7.42. The van der Waals surface area contributed by atoms with Crippen molar-refractivity contribution in [3.8, 4) is 0 Å². The van der Waals surface area contributed by atoms with Gasteiger partial charge in [0.15, 0.2) is 10.6 Å². The number of carbonyl (C=O) groups excluding carboxylic acids is 2. The molecule has 8 heteroatoms. The number of rotatable bonds is 7. The zero-order valence-electron chi connectivity index (χ0n) is 18.0. The van der Waals surface area contributed by atoms with Crippen molar-refractivity contribution in [3.63, 3.8) is 0 Å². The van der Waals surface area contributed by atoms with Crippen LogP contribution in [0.1, 0.15) is 61.3 Å². The second-order valence-electron chi connectivity index (χ2n) is 8.03. The molecule has 1 aromatic carbocycles. The molecule has 2 atom stereocenters. The fourth-order valence-electron chi connectivity index (χ4n) is 4.04. The summed E-state index contributed by atoms with van der Waals surface area (Å²) in [6, 6.07) is 7.67. The Morgan fingerprint density at radius 2 is 1.97 bits per heavy atom. The lowest BCUT2D eigenvalue weighted by Gasteiger charge is -2.29. The minimum Gasteiger partial charge on any atom is -0.351 e. The predicted molar refractivity (Wildman–Crippen MR) is 119 cm³/mol. The number of nitrogens with zero attached hydrogens (tertiary/aromatic N) is 3. The standard InChI is InChI=1S/C22H31N5O2S/c1-4-26-19(13-23-21(29)17-11-7-5-9-15(17)2)25-27(22(26)30)14-20(28)24-18-12-8-6-10-16(18)3/h5,7,9,11,16,18H,4,6,8,10,12-14H2,1-3H3,(H,23,29)(H,24,28)/t16-,18-/m0/s1. The van der Waals surface area contributed by atoms with Gasteiger partial charge in [0, 0.05) is 18.2 Å². The van der Waals surface area contributed by atoms with E-state index in [1.54, 1.807) is 10.7 Å². The molecule has 1 saturated carbocycles. The Morgan fingerprint density at radius 1 is 1.23 bits per heavy atom. The van der Waals surface area contributed by atoms with E-state index in [1.807, 2.05) is 36.6 Å². The molecule has 2 N–H and O–H groups in total. The quantitative estimate of drug-likeness (QED) is 0.662. The zero-order valence-corrected chi connectivity index (χ0v) is 18.8. The third-order valence-electron chi connectivity index (χ3n) is 5.86. The first-order chi connectivity index (χ1) is 14.4. The van der Waals surface area contributed by atoms with Crippen LogP contribution in [0, 0.1) is 17.6 Å². The number of carbonyl (C=O) groups is 2. The average Bonchev–Trinajstić information content (AvgIpc) is 3.02. The first-order valence-electron chi connectivity index (χ1n) is 10.7. The highest BCUT2D eigenvalue weighted by Crippen LogP contribution is 2.23. The number of aromatic nitrogens is 3. The Balaban J connectivity index is 1.66. The molecule has 0 spiro atoms. The van der Waals surface area contributed by atoms with E-state index in [-0.39, 0.29) is 30.9 Å². The molecule has 1 heterocycles. The van der Waals surface area contributed by atoms with E-state index >= 15 is 0 Å². The van der Waals surface area contributed by atoms with Crippen molar-refractivity contribution in [2.75, 3.05) is 0 Å². The Labute approximate surface area is 182 Å². The van der Waals surface area contributed by atoms with Crippen LogP contribution in [0.4, 0.5) is 0 Å². The van der Waals surface area contributed by atoms with Crippen LogP contribution in [0.25, 0.3) is 0 Å². The summed E-state index contributed by atoms with van der Waals surface area (Å²) < 4.78 is 3.89. The average molecular weight is 430 g/mol. The molecule has 0 bridgehead atoms. The molecule has 0 unspecified atom stereocenters. The third-order valence-corrected chi connectivity index (χ3v) is 6.29. The first-order valence-corrected chi connectivity index (χ1v) is 11.1. The van der Waals surface area contributed by atoms with Gasteiger partial charge >= 0.3 is 0 Å². The lowest BCUT2D eigenvalue weighted by Crippen LogP contribution is -2.42. The molecule has 0 radical (unpaired) electrons. The third kappa shape index (κ3) is 5.16. The fourth-order valence-corrected chi connectivity index (χ4v) is 4.38. The van der Waals surface area contributed by atoms with E-state index in [0.29, 0.717) is 28.6 Å². The maximum absolute atomic E-state index is 12.6. The molecule has 2 amide bonds. The minimum absolute atomic E-state index is 0.0684. The normalized spacial score (nSPS) is 18.8. The number of hydrogen-bond donors (Lipinski definition) is 2. The number of amides is 2. The van der Waals surface area contributed by atoms with Gasteiger partial charge < -0.3 is 15.2 Å². The van der Waals surface area contributed by atoms with Crippen molar-refractivity contribution < 1.29 is 9.59 Å². The van der Waals surface area contributed by atoms with Gasteiger partial charge in [-0.05, 0) is 56.5 Å². The summed E-state index contributed by atoms with van der Waals surface area (Å²) >= 11 is 5.52. The maximum Gasteiger partial charge on any atom is 0.251 e. The van der Waals surface area contributed by atoms with E-state index < -0.39 is 0 Å². The highest BCUT2D eigenvalue weighted by Gasteiger charge is 2.23. The topological polar surface area (TPSA) is 81.0 Å². The number of aryl methyl sites for hydroxylation is 1. The molecule has 0 aliphatic heterocycles. The molecule has 1 aliphatic rings. The lowest BCUT2D eigenvalue weighted by molar-refractivity contribution is -0.123. The van der Waals surface area contributed by atoms with Crippen LogP contribution in [0.2, 0.25) is 0 Å². The molecule has 1 aromatic heterocycles. The van der Waals surface area contributed by atoms with Crippen LogP contribution in [-0.4, -0.2) is 32.2 Å². The molecule has 0 saturated heterocycles. The van der Waals surface area contributed by atoms with Crippen molar-refractivity contribution in [1.29, 1.82) is 0 Å². The maximum atomic E-state index is 12.6. The first kappa shape index (κ1) is 22.2. The Hall–Kier alpha value is -2.48. The highest BCUT2D eigenvalue weighted by molar-refractivity contribution is 7.71. The molecule has 30 heavy (non-hydrogen) atoms. The van der Waals surface area contributed by atoms with Crippen molar-refractivity contribution in [2.45, 2.75) is 72.1 Å². The van der Waals surface area contributed by atoms with Crippen molar-refractivity contribution >= 4 is 24.0 Å². The van der Waals surface area contributed by atoms with E-state index in [0.717, 1.165) is 24.8 Å². The summed E-state index contributed by atoms with van der Waals surface area (Å²) in [4.78, 5) is 25.1. The van der Waals surface area contributed by atoms with E-state index in [9.17, 15) is 9.59 Å². The number of benzene rings is 1. The molecular weight excluding hydrogens is 398 g/mol. The molecule has 1 aliphatic carbocycles. The summed E-state index contributed by atoms with van der Waals surface area (Å²) in [6.45, 7) is 7.03. The summed E-state index contributed by atoms with van der Waals surface area (Å²) in [5, 5.41) is 10.6. The van der Waals surface area contributed by atoms with Crippen LogP contribution in [0.5, 0.6) is 0 Å². The van der Waals surface area contributed by atoms with Crippen molar-refractivity contribution in [1.82, 2.24) is 25.0 Å². The van der Waals surface area contributed by atoms with Crippen LogP contribution < -0.4 is 10.6 Å². The Bertz CT molecular complexity index is 965. The largest absolute Gasteiger partial charge is 0.351 e. The van der Waals surface area contributed by atoms with E-state index in [1.165, 1.54) is 6.42 Å². The van der Waals surface area contributed by atoms with Gasteiger partial charge in [0.25, 0.3) is 5.91 Å². The molecule has 3 rings (SSSR count). The number of nitrogens with one attached hydrogen (secondary N) is 2. The minimum atomic E-state index is -0.153. The summed E-state index contributed by atoms with van der Waals surface area (Å²) in [7, 11) is 0. The fraction of sp³-hybridized carbons (Fsp3) is 0.545. The monoisotopic (exact) mass is 429 g/mol. The van der Waals surface area contributed by atoms with Crippen LogP contribution >= 0.6 is 12.2 Å². The molecule has 162 valence electrons. The molecular formula is C22H31N5O2S. The molecule has 2 aromatic rings. The Morgan fingerprint density at radius 3 is 2.67 bits per heavy atom. The van der Waals surface area contributed by atoms with Crippen LogP contribution in [0.15, 0.2) is 24.3 Å².